The number of phosphoric ester groups is 1. The van der Waals surface area contributed by atoms with Crippen LogP contribution in [0.5, 0.6) is 0 Å². The highest BCUT2D eigenvalue weighted by Crippen LogP contribution is 2.66. The standard InChI is InChI=1S/C11H16F3N2O14P3/c12-5(13)3-11(4-27-32(23,24)30-33(25,26)29-31(20,21)22)8(18)7(14)9(28-11)16-2-1-6(17)15-10(16)19/h1-2,5,7-9,18H,3-4H2,(H,23,24)(H,25,26)(H,15,17,19)(H2,20,21,22)/t7-,8+,9-,11-/m1/s1. The molecule has 2 heterocycles. The zero-order valence-corrected chi connectivity index (χ0v) is 18.4. The molecule has 0 radical (unpaired) electrons. The topological polar surface area (TPSA) is 244 Å². The second-order valence-electron chi connectivity index (χ2n) is 6.44. The monoisotopic (exact) mass is 550 g/mol. The van der Waals surface area contributed by atoms with Crippen molar-refractivity contribution >= 4 is 23.5 Å². The van der Waals surface area contributed by atoms with E-state index in [2.05, 4.69) is 13.1 Å². The summed E-state index contributed by atoms with van der Waals surface area (Å²) in [4.78, 5) is 60.3. The van der Waals surface area contributed by atoms with E-state index in [9.17, 15) is 46.5 Å². The molecule has 1 fully saturated rings. The van der Waals surface area contributed by atoms with Gasteiger partial charge in [0.2, 0.25) is 6.43 Å². The number of aromatic amines is 1. The van der Waals surface area contributed by atoms with Crippen molar-refractivity contribution in [1.82, 2.24) is 9.55 Å². The zero-order chi connectivity index (χ0) is 25.4. The van der Waals surface area contributed by atoms with E-state index in [4.69, 9.17) is 19.4 Å². The number of ether oxygens (including phenoxy) is 1. The molecule has 1 aliphatic rings. The average molecular weight is 550 g/mol. The lowest BCUT2D eigenvalue weighted by Crippen LogP contribution is -2.47. The molecule has 6 atom stereocenters. The number of halogens is 3. The lowest BCUT2D eigenvalue weighted by molar-refractivity contribution is -0.148. The van der Waals surface area contributed by atoms with E-state index >= 15 is 0 Å². The fourth-order valence-corrected chi connectivity index (χ4v) is 5.84. The van der Waals surface area contributed by atoms with Gasteiger partial charge in [-0.2, -0.15) is 8.62 Å². The Bertz CT molecular complexity index is 1120. The Kier molecular flexibility index (Phi) is 8.34. The van der Waals surface area contributed by atoms with Crippen molar-refractivity contribution in [2.45, 2.75) is 37.0 Å². The number of nitrogens with zero attached hydrogens (tertiary/aromatic N) is 1. The van der Waals surface area contributed by atoms with E-state index in [0.717, 1.165) is 6.07 Å². The van der Waals surface area contributed by atoms with Crippen LogP contribution in [0.3, 0.4) is 0 Å². The number of H-pyrrole nitrogens is 1. The van der Waals surface area contributed by atoms with Crippen molar-refractivity contribution < 1.29 is 69.4 Å². The number of aliphatic hydroxyl groups is 1. The van der Waals surface area contributed by atoms with Crippen LogP contribution < -0.4 is 11.2 Å². The van der Waals surface area contributed by atoms with Gasteiger partial charge in [0.15, 0.2) is 12.4 Å². The first-order chi connectivity index (χ1) is 14.9. The summed E-state index contributed by atoms with van der Waals surface area (Å²) in [5, 5.41) is 10.2. The summed E-state index contributed by atoms with van der Waals surface area (Å²) < 4.78 is 91.3. The van der Waals surface area contributed by atoms with Gasteiger partial charge in [0.25, 0.3) is 5.56 Å². The van der Waals surface area contributed by atoms with Crippen LogP contribution in [-0.2, 0) is 31.6 Å². The maximum absolute atomic E-state index is 14.7. The summed E-state index contributed by atoms with van der Waals surface area (Å²) in [5.74, 6) is 0. The summed E-state index contributed by atoms with van der Waals surface area (Å²) in [6, 6.07) is 0.739. The third-order valence-corrected chi connectivity index (χ3v) is 7.76. The van der Waals surface area contributed by atoms with Crippen LogP contribution in [0.2, 0.25) is 0 Å². The average Bonchev–Trinajstić information content (AvgIpc) is 2.82. The molecule has 16 nitrogen and oxygen atoms in total. The third-order valence-electron chi connectivity index (χ3n) is 3.98. The van der Waals surface area contributed by atoms with Gasteiger partial charge >= 0.3 is 29.2 Å². The number of nitrogens with one attached hydrogen (secondary N) is 1. The van der Waals surface area contributed by atoms with Gasteiger partial charge in [-0.25, -0.2) is 31.7 Å². The van der Waals surface area contributed by atoms with Gasteiger partial charge < -0.3 is 29.4 Å². The Hall–Kier alpha value is -1.20. The lowest BCUT2D eigenvalue weighted by Gasteiger charge is -2.31. The van der Waals surface area contributed by atoms with Crippen LogP contribution in [0, 0.1) is 0 Å². The maximum atomic E-state index is 14.7. The van der Waals surface area contributed by atoms with E-state index in [-0.39, 0.29) is 0 Å². The highest BCUT2D eigenvalue weighted by molar-refractivity contribution is 7.66. The van der Waals surface area contributed by atoms with E-state index in [1.165, 1.54) is 0 Å². The molecular formula is C11H16F3N2O14P3. The molecule has 22 heteroatoms. The molecule has 0 saturated carbocycles. The minimum absolute atomic E-state index is 0.382. The van der Waals surface area contributed by atoms with E-state index < -0.39 is 78.3 Å². The van der Waals surface area contributed by atoms with Gasteiger partial charge in [0, 0.05) is 18.7 Å². The summed E-state index contributed by atoms with van der Waals surface area (Å²) in [5.41, 5.74) is -5.01. The van der Waals surface area contributed by atoms with Gasteiger partial charge in [-0.3, -0.25) is 18.9 Å². The predicted molar refractivity (Wildman–Crippen MR) is 95.5 cm³/mol. The number of rotatable bonds is 10. The molecule has 1 saturated heterocycles. The predicted octanol–water partition coefficient (Wildman–Crippen LogP) is -0.498. The molecular weight excluding hydrogens is 534 g/mol. The van der Waals surface area contributed by atoms with Crippen molar-refractivity contribution in [1.29, 1.82) is 0 Å². The summed E-state index contributed by atoms with van der Waals surface area (Å²) in [6.07, 6.45) is -11.5. The van der Waals surface area contributed by atoms with E-state index in [1.54, 1.807) is 4.98 Å². The molecule has 0 amide bonds. The number of hydrogen-bond acceptors (Lipinski definition) is 10. The van der Waals surface area contributed by atoms with Crippen LogP contribution >= 0.6 is 23.5 Å². The molecule has 33 heavy (non-hydrogen) atoms. The molecule has 0 spiro atoms. The van der Waals surface area contributed by atoms with Crippen LogP contribution in [0.4, 0.5) is 13.2 Å². The largest absolute Gasteiger partial charge is 0.490 e. The fraction of sp³-hybridized carbons (Fsp3) is 0.636. The first-order valence-electron chi connectivity index (χ1n) is 8.24. The minimum atomic E-state index is -5.95. The van der Waals surface area contributed by atoms with Gasteiger partial charge in [0.05, 0.1) is 6.61 Å². The van der Waals surface area contributed by atoms with Crippen molar-refractivity contribution in [2.24, 2.45) is 0 Å². The van der Waals surface area contributed by atoms with Gasteiger partial charge in [-0.05, 0) is 0 Å². The van der Waals surface area contributed by atoms with Crippen LogP contribution in [0.15, 0.2) is 21.9 Å². The van der Waals surface area contributed by atoms with Gasteiger partial charge in [-0.15, -0.1) is 0 Å². The molecule has 0 aromatic carbocycles. The molecule has 2 rings (SSSR count). The van der Waals surface area contributed by atoms with Crippen LogP contribution in [0.25, 0.3) is 0 Å². The Labute approximate surface area is 180 Å². The minimum Gasteiger partial charge on any atom is -0.387 e. The van der Waals surface area contributed by atoms with Crippen molar-refractivity contribution in [3.63, 3.8) is 0 Å². The Morgan fingerprint density at radius 2 is 1.76 bits per heavy atom. The smallest absolute Gasteiger partial charge is 0.387 e. The quantitative estimate of drug-likeness (QED) is 0.201. The van der Waals surface area contributed by atoms with Crippen LogP contribution in [-0.4, -0.2) is 65.1 Å². The lowest BCUT2D eigenvalue weighted by atomic mass is 9.93. The van der Waals surface area contributed by atoms with Crippen molar-refractivity contribution in [3.8, 4) is 0 Å². The third kappa shape index (κ3) is 7.39. The van der Waals surface area contributed by atoms with Crippen LogP contribution in [0.1, 0.15) is 12.6 Å². The van der Waals surface area contributed by atoms with E-state index in [0.29, 0.717) is 10.8 Å². The second kappa shape index (κ2) is 9.81. The number of phosphoric acid groups is 3. The molecule has 0 aliphatic carbocycles. The first-order valence-corrected chi connectivity index (χ1v) is 12.8. The number of hydrogen-bond donors (Lipinski definition) is 6. The normalized spacial score (nSPS) is 29.7. The van der Waals surface area contributed by atoms with Crippen molar-refractivity contribution in [2.75, 3.05) is 6.61 Å². The molecule has 0 bridgehead atoms. The molecule has 1 aliphatic heterocycles. The van der Waals surface area contributed by atoms with Gasteiger partial charge in [0.1, 0.15) is 11.7 Å². The molecule has 1 aromatic heterocycles. The Morgan fingerprint density at radius 3 is 2.27 bits per heavy atom. The molecule has 2 unspecified atom stereocenters. The SMILES string of the molecule is O=c1ccn([C@@H]2O[C@@](COP(=O)(O)OP(=O)(O)OP(=O)(O)O)(CC(F)F)[C@@H](O)[C@H]2F)c(=O)[nH]1. The molecule has 190 valence electrons. The summed E-state index contributed by atoms with van der Waals surface area (Å²) >= 11 is 0. The second-order valence-corrected chi connectivity index (χ2v) is 10.9. The fourth-order valence-electron chi connectivity index (χ4n) is 2.76. The van der Waals surface area contributed by atoms with Crippen molar-refractivity contribution in [3.05, 3.63) is 33.1 Å². The Balaban J connectivity index is 2.30. The highest BCUT2D eigenvalue weighted by Gasteiger charge is 2.58. The number of alkyl halides is 3. The number of aliphatic hydroxyl groups excluding tert-OH is 1. The zero-order valence-electron chi connectivity index (χ0n) is 15.7. The summed E-state index contributed by atoms with van der Waals surface area (Å²) in [6.45, 7) is -1.61. The highest BCUT2D eigenvalue weighted by atomic mass is 31.3. The molecule has 6 N–H and O–H groups in total. The molecule has 1 aromatic rings. The Morgan fingerprint density at radius 1 is 1.15 bits per heavy atom. The number of aromatic nitrogens is 2. The first kappa shape index (κ1) is 28.0. The van der Waals surface area contributed by atoms with Gasteiger partial charge in [-0.1, -0.05) is 0 Å². The maximum Gasteiger partial charge on any atom is 0.490 e. The van der Waals surface area contributed by atoms with E-state index in [1.807, 2.05) is 0 Å². The summed E-state index contributed by atoms with van der Waals surface area (Å²) in [7, 11) is -17.5.